The fourth-order valence-electron chi connectivity index (χ4n) is 1.58. The standard InChI is InChI=1S/C10H8BrF3N2/c1-5-3-4-6-8(7(5)11)15-9(16(6)2)10(12,13)14/h3-4H,1-2H3. The van der Waals surface area contributed by atoms with Crippen LogP contribution in [0.3, 0.4) is 0 Å². The molecule has 0 aliphatic carbocycles. The highest BCUT2D eigenvalue weighted by molar-refractivity contribution is 9.10. The first-order chi connectivity index (χ1) is 7.32. The number of nitrogens with zero attached hydrogens (tertiary/aromatic N) is 2. The third-order valence-electron chi connectivity index (χ3n) is 2.44. The quantitative estimate of drug-likeness (QED) is 0.724. The van der Waals surface area contributed by atoms with Gasteiger partial charge in [-0.15, -0.1) is 0 Å². The molecule has 6 heteroatoms. The number of imidazole rings is 1. The summed E-state index contributed by atoms with van der Waals surface area (Å²) in [6.45, 7) is 1.81. The van der Waals surface area contributed by atoms with Crippen LogP contribution in [-0.4, -0.2) is 9.55 Å². The average molecular weight is 293 g/mol. The fraction of sp³-hybridized carbons (Fsp3) is 0.300. The molecule has 1 heterocycles. The minimum Gasteiger partial charge on any atom is -0.323 e. The summed E-state index contributed by atoms with van der Waals surface area (Å²) < 4.78 is 39.5. The van der Waals surface area contributed by atoms with Gasteiger partial charge >= 0.3 is 6.18 Å². The molecule has 0 radical (unpaired) electrons. The van der Waals surface area contributed by atoms with Crippen LogP contribution in [-0.2, 0) is 13.2 Å². The van der Waals surface area contributed by atoms with E-state index in [-0.39, 0.29) is 0 Å². The number of hydrogen-bond donors (Lipinski definition) is 0. The Morgan fingerprint density at radius 2 is 1.94 bits per heavy atom. The van der Waals surface area contributed by atoms with E-state index in [1.54, 1.807) is 12.1 Å². The van der Waals surface area contributed by atoms with Crippen molar-refractivity contribution in [2.45, 2.75) is 13.1 Å². The van der Waals surface area contributed by atoms with E-state index in [1.807, 2.05) is 6.92 Å². The third kappa shape index (κ3) is 1.61. The van der Waals surface area contributed by atoms with Gasteiger partial charge in [-0.3, -0.25) is 0 Å². The van der Waals surface area contributed by atoms with E-state index in [0.29, 0.717) is 15.5 Å². The van der Waals surface area contributed by atoms with Gasteiger partial charge in [0.2, 0.25) is 5.82 Å². The van der Waals surface area contributed by atoms with Gasteiger partial charge in [-0.05, 0) is 34.5 Å². The van der Waals surface area contributed by atoms with Gasteiger partial charge in [-0.1, -0.05) is 6.07 Å². The van der Waals surface area contributed by atoms with Gasteiger partial charge in [0.25, 0.3) is 0 Å². The lowest BCUT2D eigenvalue weighted by molar-refractivity contribution is -0.146. The summed E-state index contributed by atoms with van der Waals surface area (Å²) in [5, 5.41) is 0. The molecular formula is C10H8BrF3N2. The molecule has 0 aliphatic heterocycles. The van der Waals surface area contributed by atoms with Crippen molar-refractivity contribution in [2.75, 3.05) is 0 Å². The van der Waals surface area contributed by atoms with Gasteiger partial charge < -0.3 is 4.57 Å². The van der Waals surface area contributed by atoms with E-state index in [4.69, 9.17) is 0 Å². The van der Waals surface area contributed by atoms with Crippen molar-refractivity contribution in [1.82, 2.24) is 9.55 Å². The second-order valence-electron chi connectivity index (χ2n) is 3.56. The van der Waals surface area contributed by atoms with Crippen LogP contribution in [0, 0.1) is 6.92 Å². The molecule has 2 nitrogen and oxygen atoms in total. The Morgan fingerprint density at radius 3 is 2.50 bits per heavy atom. The number of halogens is 4. The van der Waals surface area contributed by atoms with Crippen molar-refractivity contribution in [2.24, 2.45) is 7.05 Å². The lowest BCUT2D eigenvalue weighted by Crippen LogP contribution is -2.12. The lowest BCUT2D eigenvalue weighted by atomic mass is 10.2. The molecule has 86 valence electrons. The zero-order valence-electron chi connectivity index (χ0n) is 8.56. The molecule has 0 fully saturated rings. The van der Waals surface area contributed by atoms with E-state index in [1.165, 1.54) is 7.05 Å². The molecule has 1 aromatic carbocycles. The van der Waals surface area contributed by atoms with E-state index in [0.717, 1.165) is 10.1 Å². The Bertz CT molecular complexity index is 557. The summed E-state index contributed by atoms with van der Waals surface area (Å²) in [6.07, 6.45) is -4.43. The molecule has 0 spiro atoms. The molecular weight excluding hydrogens is 285 g/mol. The van der Waals surface area contributed by atoms with Crippen LogP contribution in [0.25, 0.3) is 11.0 Å². The van der Waals surface area contributed by atoms with Gasteiger partial charge in [-0.2, -0.15) is 13.2 Å². The third-order valence-corrected chi connectivity index (χ3v) is 3.44. The SMILES string of the molecule is Cc1ccc2c(nc(C(F)(F)F)n2C)c1Br. The smallest absolute Gasteiger partial charge is 0.323 e. The number of rotatable bonds is 0. The van der Waals surface area contributed by atoms with Gasteiger partial charge in [0.05, 0.1) is 5.52 Å². The molecule has 2 rings (SSSR count). The first-order valence-electron chi connectivity index (χ1n) is 4.51. The van der Waals surface area contributed by atoms with Gasteiger partial charge in [0.15, 0.2) is 0 Å². The zero-order chi connectivity index (χ0) is 12.1. The van der Waals surface area contributed by atoms with E-state index in [9.17, 15) is 13.2 Å². The van der Waals surface area contributed by atoms with Crippen LogP contribution in [0.15, 0.2) is 16.6 Å². The summed E-state index contributed by atoms with van der Waals surface area (Å²) in [6, 6.07) is 3.39. The summed E-state index contributed by atoms with van der Waals surface area (Å²) >= 11 is 3.25. The number of benzene rings is 1. The largest absolute Gasteiger partial charge is 0.449 e. The van der Waals surface area contributed by atoms with Crippen molar-refractivity contribution in [3.8, 4) is 0 Å². The Kier molecular flexibility index (Phi) is 2.49. The first kappa shape index (κ1) is 11.4. The van der Waals surface area contributed by atoms with Crippen molar-refractivity contribution >= 4 is 27.0 Å². The highest BCUT2D eigenvalue weighted by Gasteiger charge is 2.36. The van der Waals surface area contributed by atoms with Crippen LogP contribution in [0.2, 0.25) is 0 Å². The molecule has 0 unspecified atom stereocenters. The number of aryl methyl sites for hydroxylation is 2. The van der Waals surface area contributed by atoms with Crippen LogP contribution in [0.1, 0.15) is 11.4 Å². The fourth-order valence-corrected chi connectivity index (χ4v) is 2.00. The second kappa shape index (κ2) is 3.48. The Hall–Kier alpha value is -1.04. The van der Waals surface area contributed by atoms with E-state index < -0.39 is 12.0 Å². The van der Waals surface area contributed by atoms with Crippen LogP contribution >= 0.6 is 15.9 Å². The molecule has 0 amide bonds. The summed E-state index contributed by atoms with van der Waals surface area (Å²) in [4.78, 5) is 3.63. The predicted molar refractivity (Wildman–Crippen MR) is 58.2 cm³/mol. The molecule has 1 aromatic heterocycles. The van der Waals surface area contributed by atoms with Crippen LogP contribution in [0.5, 0.6) is 0 Å². The molecule has 0 N–H and O–H groups in total. The Morgan fingerprint density at radius 1 is 1.31 bits per heavy atom. The first-order valence-corrected chi connectivity index (χ1v) is 5.30. The summed E-state index contributed by atoms with van der Waals surface area (Å²) in [5.74, 6) is -0.881. The second-order valence-corrected chi connectivity index (χ2v) is 4.35. The van der Waals surface area contributed by atoms with E-state index >= 15 is 0 Å². The lowest BCUT2D eigenvalue weighted by Gasteiger charge is -2.05. The molecule has 0 atom stereocenters. The summed E-state index contributed by atoms with van der Waals surface area (Å²) in [5.41, 5.74) is 1.67. The molecule has 0 saturated heterocycles. The molecule has 0 aliphatic rings. The van der Waals surface area contributed by atoms with Crippen molar-refractivity contribution < 1.29 is 13.2 Å². The molecule has 0 saturated carbocycles. The molecule has 2 aromatic rings. The predicted octanol–water partition coefficient (Wildman–Crippen LogP) is 3.66. The van der Waals surface area contributed by atoms with Crippen LogP contribution < -0.4 is 0 Å². The zero-order valence-corrected chi connectivity index (χ0v) is 10.1. The highest BCUT2D eigenvalue weighted by Crippen LogP contribution is 2.33. The minimum absolute atomic E-state index is 0.342. The topological polar surface area (TPSA) is 17.8 Å². The number of alkyl halides is 3. The van der Waals surface area contributed by atoms with Gasteiger partial charge in [-0.25, -0.2) is 4.98 Å². The number of aromatic nitrogens is 2. The molecule has 16 heavy (non-hydrogen) atoms. The maximum absolute atomic E-state index is 12.6. The van der Waals surface area contributed by atoms with Crippen molar-refractivity contribution in [3.05, 3.63) is 28.0 Å². The Labute approximate surface area is 98.2 Å². The highest BCUT2D eigenvalue weighted by atomic mass is 79.9. The van der Waals surface area contributed by atoms with Gasteiger partial charge in [0, 0.05) is 11.5 Å². The normalized spacial score (nSPS) is 12.4. The maximum Gasteiger partial charge on any atom is 0.449 e. The average Bonchev–Trinajstić information content (AvgIpc) is 2.50. The van der Waals surface area contributed by atoms with E-state index in [2.05, 4.69) is 20.9 Å². The minimum atomic E-state index is -4.43. The van der Waals surface area contributed by atoms with Gasteiger partial charge in [0.1, 0.15) is 5.52 Å². The van der Waals surface area contributed by atoms with Crippen molar-refractivity contribution in [1.29, 1.82) is 0 Å². The van der Waals surface area contributed by atoms with Crippen molar-refractivity contribution in [3.63, 3.8) is 0 Å². The monoisotopic (exact) mass is 292 g/mol. The Balaban J connectivity index is 2.83. The number of hydrogen-bond acceptors (Lipinski definition) is 1. The number of fused-ring (bicyclic) bond motifs is 1. The maximum atomic E-state index is 12.6. The van der Waals surface area contributed by atoms with Crippen LogP contribution in [0.4, 0.5) is 13.2 Å². The molecule has 0 bridgehead atoms. The summed E-state index contributed by atoms with van der Waals surface area (Å²) in [7, 11) is 1.36.